The van der Waals surface area contributed by atoms with Crippen molar-refractivity contribution in [1.82, 2.24) is 14.7 Å². The first-order chi connectivity index (χ1) is 19.2. The van der Waals surface area contributed by atoms with E-state index in [9.17, 15) is 12.8 Å². The van der Waals surface area contributed by atoms with Crippen LogP contribution in [-0.4, -0.2) is 49.7 Å². The van der Waals surface area contributed by atoms with Crippen LogP contribution in [0.5, 0.6) is 5.75 Å². The summed E-state index contributed by atoms with van der Waals surface area (Å²) in [6.07, 6.45) is 4.49. The molecule has 1 unspecified atom stereocenters. The Bertz CT molecular complexity index is 1820. The average Bonchev–Trinajstić information content (AvgIpc) is 3.45. The predicted molar refractivity (Wildman–Crippen MR) is 150 cm³/mol. The molecule has 6 rings (SSSR count). The summed E-state index contributed by atoms with van der Waals surface area (Å²) in [5.41, 5.74) is 5.12. The van der Waals surface area contributed by atoms with Crippen molar-refractivity contribution in [2.45, 2.75) is 37.6 Å². The second kappa shape index (κ2) is 10.0. The van der Waals surface area contributed by atoms with Crippen LogP contribution in [0.1, 0.15) is 35.9 Å². The third kappa shape index (κ3) is 4.35. The van der Waals surface area contributed by atoms with Gasteiger partial charge < -0.3 is 18.6 Å². The fourth-order valence-corrected chi connectivity index (χ4v) is 6.95. The van der Waals surface area contributed by atoms with E-state index in [0.717, 1.165) is 40.7 Å². The van der Waals surface area contributed by atoms with Gasteiger partial charge in [0.2, 0.25) is 0 Å². The lowest BCUT2D eigenvalue weighted by Crippen LogP contribution is -2.27. The average molecular weight is 564 g/mol. The minimum absolute atomic E-state index is 0.0966. The van der Waals surface area contributed by atoms with Crippen LogP contribution in [0.4, 0.5) is 4.39 Å². The van der Waals surface area contributed by atoms with Crippen LogP contribution in [0.15, 0.2) is 58.1 Å². The van der Waals surface area contributed by atoms with E-state index < -0.39 is 9.84 Å². The van der Waals surface area contributed by atoms with Gasteiger partial charge in [-0.2, -0.15) is 0 Å². The van der Waals surface area contributed by atoms with E-state index in [1.807, 2.05) is 19.9 Å². The molecule has 10 heteroatoms. The maximum Gasteiger partial charge on any atom is 0.177 e. The summed E-state index contributed by atoms with van der Waals surface area (Å²) in [6.45, 7) is 4.90. The number of nitrogens with zero attached hydrogens (tertiary/aromatic N) is 3. The summed E-state index contributed by atoms with van der Waals surface area (Å²) in [7, 11) is -2.10. The molecule has 0 bridgehead atoms. The van der Waals surface area contributed by atoms with Crippen molar-refractivity contribution in [3.05, 3.63) is 71.5 Å². The van der Waals surface area contributed by atoms with E-state index in [4.69, 9.17) is 19.0 Å². The number of benzene rings is 2. The molecule has 0 saturated carbocycles. The first-order valence-corrected chi connectivity index (χ1v) is 15.0. The van der Waals surface area contributed by atoms with E-state index in [-0.39, 0.29) is 22.7 Å². The van der Waals surface area contributed by atoms with Gasteiger partial charge in [-0.25, -0.2) is 12.8 Å². The molecule has 0 amide bonds. The van der Waals surface area contributed by atoms with Crippen molar-refractivity contribution in [2.75, 3.05) is 26.6 Å². The first kappa shape index (κ1) is 26.5. The highest BCUT2D eigenvalue weighted by Crippen LogP contribution is 2.45. The smallest absolute Gasteiger partial charge is 0.177 e. The van der Waals surface area contributed by atoms with Gasteiger partial charge in [-0.15, -0.1) is 0 Å². The molecule has 1 aliphatic heterocycles. The highest BCUT2D eigenvalue weighted by molar-refractivity contribution is 7.91. The molecular formula is C30H30FN3O5S. The summed E-state index contributed by atoms with van der Waals surface area (Å²) in [5.74, 6) is 0.945. The lowest BCUT2D eigenvalue weighted by molar-refractivity contribution is 0.0552. The molecule has 5 aromatic rings. The Morgan fingerprint density at radius 1 is 1.10 bits per heavy atom. The quantitative estimate of drug-likeness (QED) is 0.249. The molecule has 1 atom stereocenters. The molecule has 40 heavy (non-hydrogen) atoms. The summed E-state index contributed by atoms with van der Waals surface area (Å²) in [5, 5.41) is 4.73. The Kier molecular flexibility index (Phi) is 6.62. The molecule has 8 nitrogen and oxygen atoms in total. The van der Waals surface area contributed by atoms with E-state index in [1.54, 1.807) is 37.6 Å². The van der Waals surface area contributed by atoms with Gasteiger partial charge in [0.25, 0.3) is 0 Å². The second-order valence-electron chi connectivity index (χ2n) is 10.4. The maximum absolute atomic E-state index is 14.1. The largest absolute Gasteiger partial charge is 0.496 e. The number of sulfone groups is 1. The van der Waals surface area contributed by atoms with Crippen LogP contribution >= 0.6 is 0 Å². The predicted octanol–water partition coefficient (Wildman–Crippen LogP) is 6.03. The lowest BCUT2D eigenvalue weighted by Gasteiger charge is -2.33. The van der Waals surface area contributed by atoms with E-state index in [2.05, 4.69) is 9.72 Å². The van der Waals surface area contributed by atoms with Crippen LogP contribution in [0.25, 0.3) is 33.1 Å². The molecule has 0 N–H and O–H groups in total. The van der Waals surface area contributed by atoms with Crippen molar-refractivity contribution in [1.29, 1.82) is 0 Å². The lowest BCUT2D eigenvalue weighted by atomic mass is 9.86. The van der Waals surface area contributed by atoms with Gasteiger partial charge in [-0.1, -0.05) is 17.3 Å². The van der Waals surface area contributed by atoms with Gasteiger partial charge in [0, 0.05) is 36.8 Å². The minimum atomic E-state index is -3.66. The van der Waals surface area contributed by atoms with Gasteiger partial charge in [0.1, 0.15) is 17.3 Å². The monoisotopic (exact) mass is 563 g/mol. The van der Waals surface area contributed by atoms with Crippen molar-refractivity contribution in [3.8, 4) is 16.9 Å². The Labute approximate surface area is 231 Å². The van der Waals surface area contributed by atoms with Crippen molar-refractivity contribution < 1.29 is 26.8 Å². The number of fused-ring (bicyclic) bond motifs is 3. The molecule has 1 aliphatic rings. The van der Waals surface area contributed by atoms with Gasteiger partial charge >= 0.3 is 0 Å². The Morgan fingerprint density at radius 2 is 1.82 bits per heavy atom. The molecule has 0 aliphatic carbocycles. The Morgan fingerprint density at radius 3 is 2.45 bits per heavy atom. The molecule has 3 aromatic heterocycles. The van der Waals surface area contributed by atoms with Crippen LogP contribution in [0.3, 0.4) is 0 Å². The summed E-state index contributed by atoms with van der Waals surface area (Å²) in [6, 6.07) is 11.4. The van der Waals surface area contributed by atoms with Gasteiger partial charge in [-0.05, 0) is 68.5 Å². The van der Waals surface area contributed by atoms with Gasteiger partial charge in [-0.3, -0.25) is 4.98 Å². The zero-order valence-electron chi connectivity index (χ0n) is 22.8. The highest BCUT2D eigenvalue weighted by Gasteiger charge is 2.33. The molecule has 1 fully saturated rings. The zero-order chi connectivity index (χ0) is 28.2. The molecule has 0 spiro atoms. The fraction of sp³-hybridized carbons (Fsp3) is 0.333. The SMILES string of the molecule is COc1ccc(S(C)(=O)=O)c2c1c1ncc(-c3c(C)noc3C)cc1n2C(c1ccc(F)cc1)C1CCOCC1. The zero-order valence-corrected chi connectivity index (χ0v) is 23.6. The van der Waals surface area contributed by atoms with Crippen LogP contribution in [0, 0.1) is 25.6 Å². The maximum atomic E-state index is 14.1. The molecule has 208 valence electrons. The number of hydrogen-bond donors (Lipinski definition) is 0. The molecule has 4 heterocycles. The minimum Gasteiger partial charge on any atom is -0.496 e. The Balaban J connectivity index is 1.79. The van der Waals surface area contributed by atoms with Gasteiger partial charge in [0.05, 0.1) is 45.7 Å². The summed E-state index contributed by atoms with van der Waals surface area (Å²) < 4.78 is 59.5. The number of aromatic nitrogens is 3. The topological polar surface area (TPSA) is 96.5 Å². The van der Waals surface area contributed by atoms with Crippen LogP contribution in [-0.2, 0) is 14.6 Å². The Hall–Kier alpha value is -3.76. The number of methoxy groups -OCH3 is 1. The highest BCUT2D eigenvalue weighted by atomic mass is 32.2. The fourth-order valence-electron chi connectivity index (χ4n) is 6.09. The van der Waals surface area contributed by atoms with Crippen LogP contribution < -0.4 is 4.74 Å². The molecular weight excluding hydrogens is 533 g/mol. The van der Waals surface area contributed by atoms with E-state index >= 15 is 0 Å². The van der Waals surface area contributed by atoms with E-state index in [1.165, 1.54) is 18.4 Å². The van der Waals surface area contributed by atoms with Crippen LogP contribution in [0.2, 0.25) is 0 Å². The summed E-state index contributed by atoms with van der Waals surface area (Å²) in [4.78, 5) is 5.07. The number of halogens is 1. The summed E-state index contributed by atoms with van der Waals surface area (Å²) >= 11 is 0. The first-order valence-electron chi connectivity index (χ1n) is 13.2. The number of aryl methyl sites for hydroxylation is 2. The molecule has 0 radical (unpaired) electrons. The van der Waals surface area contributed by atoms with Crippen molar-refractivity contribution in [3.63, 3.8) is 0 Å². The standard InChI is InChI=1S/C30H30FN3O5S/c1-17-26(18(2)39-33-17)21-15-23-28(32-16-21)27-24(37-3)9-10-25(40(4,35)36)30(27)34(23)29(20-11-13-38-14-12-20)19-5-7-22(31)8-6-19/h5-10,15-16,20,29H,11-14H2,1-4H3. The molecule has 2 aromatic carbocycles. The third-order valence-corrected chi connectivity index (χ3v) is 8.98. The number of rotatable bonds is 6. The second-order valence-corrected chi connectivity index (χ2v) is 12.4. The van der Waals surface area contributed by atoms with E-state index in [0.29, 0.717) is 41.1 Å². The normalized spacial score (nSPS) is 15.6. The molecule has 1 saturated heterocycles. The third-order valence-electron chi connectivity index (χ3n) is 7.85. The van der Waals surface area contributed by atoms with Gasteiger partial charge in [0.15, 0.2) is 9.84 Å². The van der Waals surface area contributed by atoms with Crippen molar-refractivity contribution in [2.24, 2.45) is 5.92 Å². The number of pyridine rings is 1. The number of hydrogen-bond acceptors (Lipinski definition) is 7. The number of ether oxygens (including phenoxy) is 2. The van der Waals surface area contributed by atoms with Crippen molar-refractivity contribution >= 4 is 31.8 Å².